The third kappa shape index (κ3) is 1.11. The summed E-state index contributed by atoms with van der Waals surface area (Å²) in [6.07, 6.45) is 1.64. The average Bonchev–Trinajstić information content (AvgIpc) is 2.39. The van der Waals surface area contributed by atoms with E-state index in [4.69, 9.17) is 11.6 Å². The second kappa shape index (κ2) is 2.71. The van der Waals surface area contributed by atoms with E-state index < -0.39 is 0 Å². The molecule has 2 aromatic heterocycles. The van der Waals surface area contributed by atoms with Crippen molar-refractivity contribution in [3.05, 3.63) is 21.5 Å². The summed E-state index contributed by atoms with van der Waals surface area (Å²) in [6.45, 7) is 1.87. The number of aromatic amines is 1. The van der Waals surface area contributed by atoms with Crippen LogP contribution in [0.2, 0.25) is 5.02 Å². The highest BCUT2D eigenvalue weighted by Crippen LogP contribution is 2.27. The van der Waals surface area contributed by atoms with Gasteiger partial charge in [0.25, 0.3) is 0 Å². The molecule has 0 saturated carbocycles. The van der Waals surface area contributed by atoms with Crippen LogP contribution < -0.4 is 0 Å². The molecule has 0 fully saturated rings. The first kappa shape index (κ1) is 8.01. The second-order valence-electron chi connectivity index (χ2n) is 2.44. The molecule has 2 aromatic rings. The van der Waals surface area contributed by atoms with E-state index in [0.717, 1.165) is 15.8 Å². The first-order valence-electron chi connectivity index (χ1n) is 3.35. The van der Waals surface area contributed by atoms with E-state index in [1.807, 2.05) is 6.92 Å². The molecular weight excluding hydrogens is 241 g/mol. The van der Waals surface area contributed by atoms with E-state index in [2.05, 4.69) is 30.9 Å². The SMILES string of the molecule is Cc1nc2ncc(Br)c(Cl)c2[nH]1. The highest BCUT2D eigenvalue weighted by Gasteiger charge is 2.07. The first-order valence-corrected chi connectivity index (χ1v) is 4.52. The number of hydrogen-bond acceptors (Lipinski definition) is 2. The van der Waals surface area contributed by atoms with Gasteiger partial charge in [-0.3, -0.25) is 0 Å². The van der Waals surface area contributed by atoms with E-state index in [9.17, 15) is 0 Å². The van der Waals surface area contributed by atoms with E-state index in [0.29, 0.717) is 10.7 Å². The van der Waals surface area contributed by atoms with Crippen molar-refractivity contribution in [1.82, 2.24) is 15.0 Å². The maximum absolute atomic E-state index is 5.98. The summed E-state index contributed by atoms with van der Waals surface area (Å²) in [7, 11) is 0. The lowest BCUT2D eigenvalue weighted by molar-refractivity contribution is 1.16. The maximum atomic E-state index is 5.98. The third-order valence-corrected chi connectivity index (χ3v) is 2.75. The minimum absolute atomic E-state index is 0.626. The number of H-pyrrole nitrogens is 1. The number of hydrogen-bond donors (Lipinski definition) is 1. The van der Waals surface area contributed by atoms with Crippen LogP contribution in [0.1, 0.15) is 5.82 Å². The molecule has 0 aromatic carbocycles. The van der Waals surface area contributed by atoms with Crippen molar-refractivity contribution in [2.75, 3.05) is 0 Å². The molecule has 0 aliphatic heterocycles. The second-order valence-corrected chi connectivity index (χ2v) is 3.67. The Hall–Kier alpha value is -0.610. The van der Waals surface area contributed by atoms with Crippen LogP contribution in [0, 0.1) is 6.92 Å². The number of nitrogens with zero attached hydrogens (tertiary/aromatic N) is 2. The molecule has 2 rings (SSSR count). The van der Waals surface area contributed by atoms with Gasteiger partial charge in [-0.25, -0.2) is 9.97 Å². The summed E-state index contributed by atoms with van der Waals surface area (Å²) in [4.78, 5) is 11.3. The fraction of sp³-hybridized carbons (Fsp3) is 0.143. The fourth-order valence-corrected chi connectivity index (χ4v) is 1.50. The summed E-state index contributed by atoms with van der Waals surface area (Å²) in [6, 6.07) is 0. The van der Waals surface area contributed by atoms with Crippen molar-refractivity contribution >= 4 is 38.7 Å². The molecule has 0 spiro atoms. The molecule has 0 bridgehead atoms. The van der Waals surface area contributed by atoms with Crippen molar-refractivity contribution in [2.24, 2.45) is 0 Å². The zero-order chi connectivity index (χ0) is 8.72. The number of aromatic nitrogens is 3. The summed E-state index contributed by atoms with van der Waals surface area (Å²) < 4.78 is 0.778. The molecule has 0 saturated heterocycles. The van der Waals surface area contributed by atoms with Crippen LogP contribution in [0.5, 0.6) is 0 Å². The quantitative estimate of drug-likeness (QED) is 0.776. The van der Waals surface area contributed by atoms with Crippen LogP contribution >= 0.6 is 27.5 Å². The average molecular weight is 246 g/mol. The van der Waals surface area contributed by atoms with Crippen molar-refractivity contribution in [1.29, 1.82) is 0 Å². The van der Waals surface area contributed by atoms with Crippen molar-refractivity contribution in [3.63, 3.8) is 0 Å². The molecule has 5 heteroatoms. The van der Waals surface area contributed by atoms with Gasteiger partial charge in [0.1, 0.15) is 11.3 Å². The largest absolute Gasteiger partial charge is 0.340 e. The lowest BCUT2D eigenvalue weighted by atomic mass is 10.4. The van der Waals surface area contributed by atoms with Gasteiger partial charge in [-0.05, 0) is 22.9 Å². The van der Waals surface area contributed by atoms with Crippen molar-refractivity contribution < 1.29 is 0 Å². The molecular formula is C7H5BrClN3. The summed E-state index contributed by atoms with van der Waals surface area (Å²) in [5, 5.41) is 0.626. The van der Waals surface area contributed by atoms with Crippen LogP contribution in [0.4, 0.5) is 0 Å². The summed E-state index contributed by atoms with van der Waals surface area (Å²) in [5.74, 6) is 0.817. The molecule has 3 nitrogen and oxygen atoms in total. The minimum atomic E-state index is 0.626. The van der Waals surface area contributed by atoms with Gasteiger partial charge in [-0.2, -0.15) is 0 Å². The number of pyridine rings is 1. The maximum Gasteiger partial charge on any atom is 0.179 e. The van der Waals surface area contributed by atoms with Gasteiger partial charge >= 0.3 is 0 Å². The number of rotatable bonds is 0. The number of imidazole rings is 1. The number of halogens is 2. The molecule has 0 amide bonds. The van der Waals surface area contributed by atoms with Gasteiger partial charge in [0.2, 0.25) is 0 Å². The van der Waals surface area contributed by atoms with E-state index in [1.165, 1.54) is 0 Å². The Labute approximate surface area is 82.3 Å². The normalized spacial score (nSPS) is 10.9. The predicted octanol–water partition coefficient (Wildman–Crippen LogP) is 2.68. The Morgan fingerprint density at radius 2 is 2.33 bits per heavy atom. The van der Waals surface area contributed by atoms with Crippen molar-refractivity contribution in [2.45, 2.75) is 6.92 Å². The Morgan fingerprint density at radius 3 is 3.08 bits per heavy atom. The van der Waals surface area contributed by atoms with Gasteiger partial charge < -0.3 is 4.98 Å². The highest BCUT2D eigenvalue weighted by atomic mass is 79.9. The highest BCUT2D eigenvalue weighted by molar-refractivity contribution is 9.10. The van der Waals surface area contributed by atoms with Crippen LogP contribution in [0.25, 0.3) is 11.2 Å². The van der Waals surface area contributed by atoms with Gasteiger partial charge in [0.15, 0.2) is 5.65 Å². The monoisotopic (exact) mass is 245 g/mol. The molecule has 0 aliphatic rings. The summed E-state index contributed by atoms with van der Waals surface area (Å²) in [5.41, 5.74) is 1.43. The predicted molar refractivity (Wildman–Crippen MR) is 51.3 cm³/mol. The van der Waals surface area contributed by atoms with E-state index in [1.54, 1.807) is 6.20 Å². The third-order valence-electron chi connectivity index (χ3n) is 1.53. The molecule has 0 atom stereocenters. The molecule has 0 radical (unpaired) electrons. The van der Waals surface area contributed by atoms with E-state index in [-0.39, 0.29) is 0 Å². The van der Waals surface area contributed by atoms with E-state index >= 15 is 0 Å². The number of fused-ring (bicyclic) bond motifs is 1. The zero-order valence-corrected chi connectivity index (χ0v) is 8.57. The number of nitrogens with one attached hydrogen (secondary N) is 1. The smallest absolute Gasteiger partial charge is 0.179 e. The lowest BCUT2D eigenvalue weighted by Crippen LogP contribution is -1.78. The molecule has 12 heavy (non-hydrogen) atoms. The molecule has 0 unspecified atom stereocenters. The van der Waals surface area contributed by atoms with Crippen molar-refractivity contribution in [3.8, 4) is 0 Å². The Balaban J connectivity index is 2.89. The Bertz CT molecular complexity index is 437. The zero-order valence-electron chi connectivity index (χ0n) is 6.23. The fourth-order valence-electron chi connectivity index (χ4n) is 1.02. The molecule has 2 heterocycles. The van der Waals surface area contributed by atoms with Gasteiger partial charge in [0.05, 0.1) is 9.50 Å². The van der Waals surface area contributed by atoms with Gasteiger partial charge in [-0.15, -0.1) is 0 Å². The van der Waals surface area contributed by atoms with Crippen LogP contribution in [0.15, 0.2) is 10.7 Å². The minimum Gasteiger partial charge on any atom is -0.340 e. The van der Waals surface area contributed by atoms with Crippen LogP contribution in [-0.4, -0.2) is 15.0 Å². The Morgan fingerprint density at radius 1 is 1.58 bits per heavy atom. The molecule has 1 N–H and O–H groups in total. The first-order chi connectivity index (χ1) is 5.68. The summed E-state index contributed by atoms with van der Waals surface area (Å²) >= 11 is 9.26. The number of aryl methyl sites for hydroxylation is 1. The molecule has 62 valence electrons. The Kier molecular flexibility index (Phi) is 1.81. The van der Waals surface area contributed by atoms with Crippen LogP contribution in [0.3, 0.4) is 0 Å². The lowest BCUT2D eigenvalue weighted by Gasteiger charge is -1.93. The van der Waals surface area contributed by atoms with Gasteiger partial charge in [-0.1, -0.05) is 11.6 Å². The van der Waals surface area contributed by atoms with Crippen LogP contribution in [-0.2, 0) is 0 Å². The molecule has 0 aliphatic carbocycles. The topological polar surface area (TPSA) is 41.6 Å². The standard InChI is InChI=1S/C7H5BrClN3/c1-3-11-6-5(9)4(8)2-10-7(6)12-3/h2H,1H3,(H,10,11,12). The van der Waals surface area contributed by atoms with Gasteiger partial charge in [0, 0.05) is 6.20 Å².